The monoisotopic (exact) mass is 610 g/mol. The molecule has 1 unspecified atom stereocenters. The average Bonchev–Trinajstić information content (AvgIpc) is 2.92. The number of hydrogen-bond acceptors (Lipinski definition) is 4. The van der Waals surface area contributed by atoms with E-state index in [0.717, 1.165) is 11.1 Å². The van der Waals surface area contributed by atoms with Gasteiger partial charge in [-0.15, -0.1) is 0 Å². The van der Waals surface area contributed by atoms with Crippen molar-refractivity contribution in [1.29, 1.82) is 0 Å². The number of alkyl carbamates (subject to hydrolysis) is 1. The molecule has 12 heteroatoms. The van der Waals surface area contributed by atoms with E-state index in [1.54, 1.807) is 75.4 Å². The Morgan fingerprint density at radius 2 is 1.35 bits per heavy atom. The maximum atomic E-state index is 13.2. The third-order valence-electron chi connectivity index (χ3n) is 6.07. The van der Waals surface area contributed by atoms with Crippen LogP contribution in [0.15, 0.2) is 72.8 Å². The summed E-state index contributed by atoms with van der Waals surface area (Å²) in [4.78, 5) is 24.7. The van der Waals surface area contributed by atoms with E-state index in [1.165, 1.54) is 0 Å². The molecule has 232 valence electrons. The van der Waals surface area contributed by atoms with E-state index in [1.807, 2.05) is 0 Å². The Balaban J connectivity index is 1.62. The highest BCUT2D eigenvalue weighted by molar-refractivity contribution is 5.94. The van der Waals surface area contributed by atoms with Gasteiger partial charge >= 0.3 is 18.4 Å². The quantitative estimate of drug-likeness (QED) is 0.234. The Kier molecular flexibility index (Phi) is 10.8. The van der Waals surface area contributed by atoms with Crippen LogP contribution in [0.25, 0.3) is 0 Å². The van der Waals surface area contributed by atoms with Gasteiger partial charge in [-0.3, -0.25) is 4.79 Å². The van der Waals surface area contributed by atoms with Gasteiger partial charge in [-0.25, -0.2) is 4.79 Å². The number of carbonyl (C=O) groups excluding carboxylic acids is 2. The Labute approximate surface area is 245 Å². The number of benzene rings is 3. The van der Waals surface area contributed by atoms with Crippen LogP contribution in [0.3, 0.4) is 0 Å². The van der Waals surface area contributed by atoms with E-state index in [2.05, 4.69) is 10.6 Å². The first-order valence-electron chi connectivity index (χ1n) is 13.3. The van der Waals surface area contributed by atoms with Crippen LogP contribution in [-0.2, 0) is 35.0 Å². The second kappa shape index (κ2) is 13.9. The molecule has 0 radical (unpaired) electrons. The summed E-state index contributed by atoms with van der Waals surface area (Å²) in [6, 6.07) is 16.7. The van der Waals surface area contributed by atoms with Gasteiger partial charge in [0.15, 0.2) is 0 Å². The Morgan fingerprint density at radius 1 is 0.767 bits per heavy atom. The van der Waals surface area contributed by atoms with E-state index in [4.69, 9.17) is 9.47 Å². The largest absolute Gasteiger partial charge is 0.444 e. The second-order valence-electron chi connectivity index (χ2n) is 10.8. The van der Waals surface area contributed by atoms with Crippen LogP contribution in [0.1, 0.15) is 64.9 Å². The van der Waals surface area contributed by atoms with Crippen molar-refractivity contribution in [2.24, 2.45) is 0 Å². The summed E-state index contributed by atoms with van der Waals surface area (Å²) < 4.78 is 90.0. The predicted molar refractivity (Wildman–Crippen MR) is 147 cm³/mol. The van der Waals surface area contributed by atoms with Crippen LogP contribution in [0.4, 0.5) is 31.1 Å². The normalized spacial score (nSPS) is 12.9. The molecule has 0 aromatic heterocycles. The molecule has 2 N–H and O–H groups in total. The van der Waals surface area contributed by atoms with Crippen molar-refractivity contribution >= 4 is 12.0 Å². The smallest absolute Gasteiger partial charge is 0.416 e. The van der Waals surface area contributed by atoms with E-state index in [9.17, 15) is 35.9 Å². The van der Waals surface area contributed by atoms with Gasteiger partial charge in [0.2, 0.25) is 0 Å². The molecule has 0 heterocycles. The molecule has 43 heavy (non-hydrogen) atoms. The van der Waals surface area contributed by atoms with Gasteiger partial charge in [0.1, 0.15) is 5.60 Å². The van der Waals surface area contributed by atoms with Crippen LogP contribution < -0.4 is 10.6 Å². The summed E-state index contributed by atoms with van der Waals surface area (Å²) in [6.07, 6.45) is -10.5. The van der Waals surface area contributed by atoms with Crippen LogP contribution in [0.5, 0.6) is 0 Å². The molecule has 1 atom stereocenters. The van der Waals surface area contributed by atoms with Gasteiger partial charge < -0.3 is 20.1 Å². The fraction of sp³-hybridized carbons (Fsp3) is 0.355. The zero-order valence-corrected chi connectivity index (χ0v) is 23.7. The highest BCUT2D eigenvalue weighted by atomic mass is 19.4. The lowest BCUT2D eigenvalue weighted by Gasteiger charge is -2.20. The number of ether oxygens (including phenoxy) is 2. The van der Waals surface area contributed by atoms with Gasteiger partial charge in [-0.2, -0.15) is 26.3 Å². The zero-order valence-electron chi connectivity index (χ0n) is 23.7. The molecule has 2 amide bonds. The SMILES string of the molecule is CC(C)(C)OC(=O)NCc1ccc(C(=O)NCC(COCc2cc(C(F)(F)F)cc(C(F)(F)F)c2)c2ccccc2)cc1. The minimum Gasteiger partial charge on any atom is -0.444 e. The fourth-order valence-electron chi connectivity index (χ4n) is 4.00. The molecule has 0 aliphatic carbocycles. The summed E-state index contributed by atoms with van der Waals surface area (Å²) >= 11 is 0. The number of hydrogen-bond donors (Lipinski definition) is 2. The number of rotatable bonds is 10. The van der Waals surface area contributed by atoms with Crippen LogP contribution in [-0.4, -0.2) is 30.8 Å². The van der Waals surface area contributed by atoms with Crippen LogP contribution in [0, 0.1) is 0 Å². The topological polar surface area (TPSA) is 76.7 Å². The van der Waals surface area contributed by atoms with E-state index < -0.39 is 53.6 Å². The Morgan fingerprint density at radius 3 is 1.88 bits per heavy atom. The zero-order chi connectivity index (χ0) is 31.8. The first-order valence-corrected chi connectivity index (χ1v) is 13.3. The highest BCUT2D eigenvalue weighted by Crippen LogP contribution is 2.36. The molecule has 0 aliphatic rings. The van der Waals surface area contributed by atoms with Crippen molar-refractivity contribution in [3.05, 3.63) is 106 Å². The van der Waals surface area contributed by atoms with Gasteiger partial charge in [0.05, 0.1) is 24.3 Å². The number of amides is 2. The number of halogens is 6. The molecule has 0 fully saturated rings. The molecule has 0 saturated heterocycles. The standard InChI is InChI=1S/C31H32F6N2O4/c1-29(2,3)43-28(41)39-16-20-9-11-23(12-10-20)27(40)38-17-24(22-7-5-4-6-8-22)19-42-18-21-13-25(30(32,33)34)15-26(14-21)31(35,36)37/h4-15,24H,16-19H2,1-3H3,(H,38,40)(H,39,41). The van der Waals surface area contributed by atoms with Gasteiger partial charge in [-0.05, 0) is 67.8 Å². The van der Waals surface area contributed by atoms with Crippen molar-refractivity contribution in [3.8, 4) is 0 Å². The Hall–Kier alpha value is -4.06. The molecule has 0 saturated carbocycles. The minimum atomic E-state index is -4.96. The second-order valence-corrected chi connectivity index (χ2v) is 10.8. The summed E-state index contributed by atoms with van der Waals surface area (Å²) in [5.41, 5.74) is -1.91. The molecule has 3 rings (SSSR count). The van der Waals surface area contributed by atoms with Crippen molar-refractivity contribution < 1.29 is 45.4 Å². The molecular formula is C31H32F6N2O4. The first-order chi connectivity index (χ1) is 20.0. The lowest BCUT2D eigenvalue weighted by atomic mass is 9.99. The van der Waals surface area contributed by atoms with E-state index >= 15 is 0 Å². The van der Waals surface area contributed by atoms with Crippen molar-refractivity contribution in [2.75, 3.05) is 13.2 Å². The van der Waals surface area contributed by atoms with Gasteiger partial charge in [0.25, 0.3) is 5.91 Å². The van der Waals surface area contributed by atoms with Gasteiger partial charge in [-0.1, -0.05) is 42.5 Å². The highest BCUT2D eigenvalue weighted by Gasteiger charge is 2.37. The number of carbonyl (C=O) groups is 2. The molecule has 3 aromatic rings. The summed E-state index contributed by atoms with van der Waals surface area (Å²) in [6.45, 7) is 4.94. The predicted octanol–water partition coefficient (Wildman–Crippen LogP) is 7.48. The van der Waals surface area contributed by atoms with Crippen molar-refractivity contribution in [3.63, 3.8) is 0 Å². The third kappa shape index (κ3) is 10.9. The van der Waals surface area contributed by atoms with Crippen molar-refractivity contribution in [1.82, 2.24) is 10.6 Å². The number of alkyl halides is 6. The average molecular weight is 611 g/mol. The van der Waals surface area contributed by atoms with E-state index in [0.29, 0.717) is 17.7 Å². The van der Waals surface area contributed by atoms with Crippen molar-refractivity contribution in [2.45, 2.75) is 57.8 Å². The minimum absolute atomic E-state index is 0.0654. The third-order valence-corrected chi connectivity index (χ3v) is 6.07. The number of nitrogens with one attached hydrogen (secondary N) is 2. The fourth-order valence-corrected chi connectivity index (χ4v) is 4.00. The summed E-state index contributed by atoms with van der Waals surface area (Å²) in [5.74, 6) is -0.851. The molecule has 3 aromatic carbocycles. The summed E-state index contributed by atoms with van der Waals surface area (Å²) in [5, 5.41) is 5.42. The molecule has 0 bridgehead atoms. The summed E-state index contributed by atoms with van der Waals surface area (Å²) in [7, 11) is 0. The molecular weight excluding hydrogens is 578 g/mol. The Bertz CT molecular complexity index is 1340. The van der Waals surface area contributed by atoms with E-state index in [-0.39, 0.29) is 31.3 Å². The molecule has 6 nitrogen and oxygen atoms in total. The lowest BCUT2D eigenvalue weighted by molar-refractivity contribution is -0.143. The molecule has 0 spiro atoms. The van der Waals surface area contributed by atoms with Crippen LogP contribution >= 0.6 is 0 Å². The molecule has 0 aliphatic heterocycles. The maximum Gasteiger partial charge on any atom is 0.416 e. The maximum absolute atomic E-state index is 13.2. The first kappa shape index (κ1) is 33.4. The lowest BCUT2D eigenvalue weighted by Crippen LogP contribution is -2.32. The van der Waals surface area contributed by atoms with Crippen LogP contribution in [0.2, 0.25) is 0 Å². The van der Waals surface area contributed by atoms with Gasteiger partial charge in [0, 0.05) is 24.6 Å².